The molecule has 1 aromatic heterocycles. The van der Waals surface area contributed by atoms with Crippen molar-refractivity contribution >= 4 is 21.1 Å². The molecule has 0 aliphatic heterocycles. The van der Waals surface area contributed by atoms with Crippen molar-refractivity contribution in [2.45, 2.75) is 31.6 Å². The topological polar surface area (TPSA) is 61.2 Å². The summed E-state index contributed by atoms with van der Waals surface area (Å²) in [6.07, 6.45) is 1.36. The van der Waals surface area contributed by atoms with Gasteiger partial charge in [-0.3, -0.25) is 0 Å². The van der Waals surface area contributed by atoms with Gasteiger partial charge < -0.3 is 4.74 Å². The zero-order chi connectivity index (χ0) is 17.5. The Bertz CT molecular complexity index is 1000. The number of nitrogens with zero attached hydrogens (tertiary/aromatic N) is 2. The number of ether oxygens (including phenoxy) is 1. The van der Waals surface area contributed by atoms with Crippen molar-refractivity contribution in [1.29, 1.82) is 0 Å². The molecule has 0 atom stereocenters. The number of para-hydroxylation sites is 2. The van der Waals surface area contributed by atoms with E-state index in [0.29, 0.717) is 22.3 Å². The van der Waals surface area contributed by atoms with Gasteiger partial charge >= 0.3 is 0 Å². The highest BCUT2D eigenvalue weighted by atomic mass is 32.2. The molecule has 6 heteroatoms. The van der Waals surface area contributed by atoms with Crippen molar-refractivity contribution in [2.75, 3.05) is 7.11 Å². The summed E-state index contributed by atoms with van der Waals surface area (Å²) in [5.41, 5.74) is 2.73. The van der Waals surface area contributed by atoms with Crippen molar-refractivity contribution in [3.05, 3.63) is 53.9 Å². The first-order valence-corrected chi connectivity index (χ1v) is 9.16. The first-order valence-electron chi connectivity index (χ1n) is 7.72. The zero-order valence-corrected chi connectivity index (χ0v) is 15.0. The fraction of sp³-hybridized carbons (Fsp3) is 0.278. The van der Waals surface area contributed by atoms with Gasteiger partial charge in [-0.2, -0.15) is 0 Å². The molecule has 1 heterocycles. The van der Waals surface area contributed by atoms with E-state index in [1.807, 2.05) is 19.9 Å². The smallest absolute Gasteiger partial charge is 0.269 e. The van der Waals surface area contributed by atoms with Gasteiger partial charge in [0.25, 0.3) is 10.0 Å². The molecule has 3 aromatic rings. The molecule has 24 heavy (non-hydrogen) atoms. The van der Waals surface area contributed by atoms with E-state index in [9.17, 15) is 8.42 Å². The summed E-state index contributed by atoms with van der Waals surface area (Å²) in [6.45, 7) is 5.80. The van der Waals surface area contributed by atoms with Crippen molar-refractivity contribution in [2.24, 2.45) is 0 Å². The van der Waals surface area contributed by atoms with E-state index in [4.69, 9.17) is 4.74 Å². The number of hydrogen-bond donors (Lipinski definition) is 0. The third-order valence-corrected chi connectivity index (χ3v) is 5.91. The molecule has 0 amide bonds. The minimum Gasteiger partial charge on any atom is -0.496 e. The number of fused-ring (bicyclic) bond motifs is 1. The van der Waals surface area contributed by atoms with Gasteiger partial charge in [-0.15, -0.1) is 0 Å². The van der Waals surface area contributed by atoms with E-state index < -0.39 is 10.0 Å². The summed E-state index contributed by atoms with van der Waals surface area (Å²) in [6, 6.07) is 10.7. The van der Waals surface area contributed by atoms with Crippen LogP contribution in [-0.4, -0.2) is 24.5 Å². The second-order valence-electron chi connectivity index (χ2n) is 6.05. The van der Waals surface area contributed by atoms with Crippen LogP contribution in [0.15, 0.2) is 47.6 Å². The van der Waals surface area contributed by atoms with Gasteiger partial charge in [-0.05, 0) is 48.2 Å². The largest absolute Gasteiger partial charge is 0.496 e. The molecule has 0 N–H and O–H groups in total. The summed E-state index contributed by atoms with van der Waals surface area (Å²) in [7, 11) is -2.14. The maximum absolute atomic E-state index is 13.2. The Labute approximate surface area is 142 Å². The highest BCUT2D eigenvalue weighted by Gasteiger charge is 2.24. The summed E-state index contributed by atoms with van der Waals surface area (Å²) < 4.78 is 33.0. The van der Waals surface area contributed by atoms with Gasteiger partial charge in [-0.1, -0.05) is 26.0 Å². The van der Waals surface area contributed by atoms with Gasteiger partial charge in [0.1, 0.15) is 12.1 Å². The standard InChI is InChI=1S/C18H20N2O3S/c1-12(2)14-10-18(13(3)9-17(14)23-4)24(21,22)20-11-19-15-7-5-6-8-16(15)20/h5-12H,1-4H3. The monoisotopic (exact) mass is 344 g/mol. The Kier molecular flexibility index (Phi) is 4.09. The molecule has 2 aromatic carbocycles. The molecule has 0 bridgehead atoms. The van der Waals surface area contributed by atoms with Crippen LogP contribution in [0.2, 0.25) is 0 Å². The molecule has 0 aliphatic rings. The molecule has 0 spiro atoms. The molecule has 126 valence electrons. The van der Waals surface area contributed by atoms with E-state index in [0.717, 1.165) is 5.56 Å². The molecular formula is C18H20N2O3S. The van der Waals surface area contributed by atoms with E-state index >= 15 is 0 Å². The first kappa shape index (κ1) is 16.5. The van der Waals surface area contributed by atoms with E-state index in [-0.39, 0.29) is 10.8 Å². The van der Waals surface area contributed by atoms with Crippen molar-refractivity contribution in [1.82, 2.24) is 8.96 Å². The quantitative estimate of drug-likeness (QED) is 0.724. The van der Waals surface area contributed by atoms with Crippen molar-refractivity contribution < 1.29 is 13.2 Å². The lowest BCUT2D eigenvalue weighted by Gasteiger charge is -2.16. The van der Waals surface area contributed by atoms with Crippen LogP contribution in [0.3, 0.4) is 0 Å². The lowest BCUT2D eigenvalue weighted by Crippen LogP contribution is -2.14. The van der Waals surface area contributed by atoms with Gasteiger partial charge in [0.15, 0.2) is 0 Å². The minimum atomic E-state index is -3.74. The second kappa shape index (κ2) is 5.94. The molecule has 5 nitrogen and oxygen atoms in total. The number of imidazole rings is 1. The maximum atomic E-state index is 13.2. The van der Waals surface area contributed by atoms with Crippen molar-refractivity contribution in [3.63, 3.8) is 0 Å². The summed E-state index contributed by atoms with van der Waals surface area (Å²) >= 11 is 0. The summed E-state index contributed by atoms with van der Waals surface area (Å²) in [5.74, 6) is 0.853. The van der Waals surface area contributed by atoms with Crippen LogP contribution in [0.5, 0.6) is 5.75 Å². The Balaban J connectivity index is 2.26. The van der Waals surface area contributed by atoms with Crippen LogP contribution >= 0.6 is 0 Å². The third kappa shape index (κ3) is 2.57. The number of aryl methyl sites for hydroxylation is 1. The average Bonchev–Trinajstić information content (AvgIpc) is 2.98. The second-order valence-corrected chi connectivity index (χ2v) is 7.83. The van der Waals surface area contributed by atoms with Crippen LogP contribution in [0.1, 0.15) is 30.9 Å². The Hall–Kier alpha value is -2.34. The Morgan fingerprint density at radius 1 is 1.17 bits per heavy atom. The third-order valence-electron chi connectivity index (χ3n) is 4.11. The number of rotatable bonds is 4. The number of aromatic nitrogens is 2. The number of benzene rings is 2. The molecule has 0 aliphatic carbocycles. The van der Waals surface area contributed by atoms with E-state index in [2.05, 4.69) is 4.98 Å². The average molecular weight is 344 g/mol. The van der Waals surface area contributed by atoms with E-state index in [1.54, 1.807) is 44.4 Å². The predicted octanol–water partition coefficient (Wildman–Crippen LogP) is 3.71. The van der Waals surface area contributed by atoms with Crippen LogP contribution < -0.4 is 4.74 Å². The van der Waals surface area contributed by atoms with Crippen molar-refractivity contribution in [3.8, 4) is 5.75 Å². The maximum Gasteiger partial charge on any atom is 0.269 e. The fourth-order valence-electron chi connectivity index (χ4n) is 2.82. The van der Waals surface area contributed by atoms with Crippen LogP contribution in [0.4, 0.5) is 0 Å². The molecule has 0 saturated carbocycles. The summed E-state index contributed by atoms with van der Waals surface area (Å²) in [5, 5.41) is 0. The zero-order valence-electron chi connectivity index (χ0n) is 14.1. The minimum absolute atomic E-state index is 0.147. The lowest BCUT2D eigenvalue weighted by molar-refractivity contribution is 0.406. The predicted molar refractivity (Wildman–Crippen MR) is 94.1 cm³/mol. The molecule has 0 saturated heterocycles. The SMILES string of the molecule is COc1cc(C)c(S(=O)(=O)n2cnc3ccccc32)cc1C(C)C. The highest BCUT2D eigenvalue weighted by molar-refractivity contribution is 7.90. The molecule has 3 rings (SSSR count). The van der Waals surface area contributed by atoms with Gasteiger partial charge in [0, 0.05) is 0 Å². The fourth-order valence-corrected chi connectivity index (χ4v) is 4.36. The van der Waals surface area contributed by atoms with Crippen LogP contribution in [-0.2, 0) is 10.0 Å². The van der Waals surface area contributed by atoms with Crippen LogP contribution in [0, 0.1) is 6.92 Å². The molecule has 0 fully saturated rings. The lowest BCUT2D eigenvalue weighted by atomic mass is 10.0. The number of hydrogen-bond acceptors (Lipinski definition) is 4. The summed E-state index contributed by atoms with van der Waals surface area (Å²) in [4.78, 5) is 4.46. The van der Waals surface area contributed by atoms with E-state index in [1.165, 1.54) is 10.3 Å². The molecule has 0 radical (unpaired) electrons. The van der Waals surface area contributed by atoms with Gasteiger partial charge in [0.2, 0.25) is 0 Å². The number of methoxy groups -OCH3 is 1. The first-order chi connectivity index (χ1) is 11.4. The molecular weight excluding hydrogens is 324 g/mol. The van der Waals surface area contributed by atoms with Gasteiger partial charge in [0.05, 0.1) is 23.0 Å². The Morgan fingerprint density at radius 3 is 2.54 bits per heavy atom. The highest BCUT2D eigenvalue weighted by Crippen LogP contribution is 2.33. The Morgan fingerprint density at radius 2 is 1.88 bits per heavy atom. The van der Waals surface area contributed by atoms with Gasteiger partial charge in [-0.25, -0.2) is 17.4 Å². The molecule has 0 unspecified atom stereocenters. The normalized spacial score (nSPS) is 12.0. The van der Waals surface area contributed by atoms with Crippen LogP contribution in [0.25, 0.3) is 11.0 Å².